The molecule has 9 nitrogen and oxygen atoms in total. The Bertz CT molecular complexity index is 805. The van der Waals surface area contributed by atoms with Crippen molar-refractivity contribution in [2.45, 2.75) is 0 Å². The first-order chi connectivity index (χ1) is 13.5. The Morgan fingerprint density at radius 3 is 2.43 bits per heavy atom. The van der Waals surface area contributed by atoms with E-state index < -0.39 is 0 Å². The van der Waals surface area contributed by atoms with Gasteiger partial charge in [0.15, 0.2) is 0 Å². The number of aromatic nitrogens is 3. The maximum atomic E-state index is 12.8. The second kappa shape index (κ2) is 9.23. The highest BCUT2D eigenvalue weighted by atomic mass is 16.2. The molecule has 1 fully saturated rings. The van der Waals surface area contributed by atoms with Crippen molar-refractivity contribution in [1.29, 1.82) is 0 Å². The molecule has 3 heterocycles. The molecule has 0 unspecified atom stereocenters. The number of piperazine rings is 1. The average Bonchev–Trinajstić information content (AvgIpc) is 2.74. The molecule has 2 aromatic rings. The van der Waals surface area contributed by atoms with Crippen molar-refractivity contribution in [3.05, 3.63) is 48.0 Å². The Hall–Kier alpha value is -3.07. The van der Waals surface area contributed by atoms with Gasteiger partial charge >= 0.3 is 0 Å². The minimum atomic E-state index is -0.227. The third kappa shape index (κ3) is 5.01. The van der Waals surface area contributed by atoms with Crippen LogP contribution < -0.4 is 10.2 Å². The number of carbonyl (C=O) groups excluding carboxylic acids is 2. The summed E-state index contributed by atoms with van der Waals surface area (Å²) in [5, 5.41) is 2.83. The van der Waals surface area contributed by atoms with Gasteiger partial charge in [-0.15, -0.1) is 0 Å². The molecule has 2 aromatic heterocycles. The van der Waals surface area contributed by atoms with E-state index in [1.54, 1.807) is 29.4 Å². The summed E-state index contributed by atoms with van der Waals surface area (Å²) in [6.07, 6.45) is 6.40. The molecule has 1 N–H and O–H groups in total. The van der Waals surface area contributed by atoms with E-state index >= 15 is 0 Å². The van der Waals surface area contributed by atoms with E-state index in [0.717, 1.165) is 6.54 Å². The quantitative estimate of drug-likeness (QED) is 0.757. The lowest BCUT2D eigenvalue weighted by atomic mass is 10.1. The predicted octanol–water partition coefficient (Wildman–Crippen LogP) is 0.125. The molecule has 1 aliphatic rings. The second-order valence-electron chi connectivity index (χ2n) is 6.85. The highest BCUT2D eigenvalue weighted by molar-refractivity contribution is 5.99. The van der Waals surface area contributed by atoms with E-state index in [2.05, 4.69) is 25.2 Å². The minimum absolute atomic E-state index is 0.121. The standard InChI is InChI=1S/C19H25N7O2/c1-24(2)7-6-21-17(27)15-12-16(14-20-13-15)18(28)25-8-10-26(11-9-25)19-22-4-3-5-23-19/h3-5,12-14H,6-11H2,1-2H3,(H,21,27). The topological polar surface area (TPSA) is 94.6 Å². The third-order valence-corrected chi connectivity index (χ3v) is 4.49. The summed E-state index contributed by atoms with van der Waals surface area (Å²) >= 11 is 0. The van der Waals surface area contributed by atoms with Crippen LogP contribution in [-0.4, -0.2) is 89.9 Å². The molecule has 0 atom stereocenters. The SMILES string of the molecule is CN(C)CCNC(=O)c1cncc(C(=O)N2CCN(c3ncccn3)CC2)c1. The van der Waals surface area contributed by atoms with Gasteiger partial charge in [0.25, 0.3) is 11.8 Å². The molecule has 9 heteroatoms. The summed E-state index contributed by atoms with van der Waals surface area (Å²) in [7, 11) is 3.88. The van der Waals surface area contributed by atoms with Crippen molar-refractivity contribution in [3.63, 3.8) is 0 Å². The van der Waals surface area contributed by atoms with E-state index in [1.165, 1.54) is 12.4 Å². The summed E-state index contributed by atoms with van der Waals surface area (Å²) < 4.78 is 0. The monoisotopic (exact) mass is 383 g/mol. The van der Waals surface area contributed by atoms with E-state index in [1.807, 2.05) is 19.0 Å². The summed E-state index contributed by atoms with van der Waals surface area (Å²) in [5.74, 6) is 0.326. The van der Waals surface area contributed by atoms with Crippen LogP contribution in [0, 0.1) is 0 Å². The zero-order valence-electron chi connectivity index (χ0n) is 16.2. The zero-order valence-corrected chi connectivity index (χ0v) is 16.2. The van der Waals surface area contributed by atoms with Crippen molar-refractivity contribution in [2.75, 3.05) is 58.3 Å². The average molecular weight is 383 g/mol. The Balaban J connectivity index is 1.58. The largest absolute Gasteiger partial charge is 0.351 e. The maximum Gasteiger partial charge on any atom is 0.255 e. The second-order valence-corrected chi connectivity index (χ2v) is 6.85. The number of hydrogen-bond acceptors (Lipinski definition) is 7. The number of amides is 2. The highest BCUT2D eigenvalue weighted by Gasteiger charge is 2.24. The predicted molar refractivity (Wildman–Crippen MR) is 105 cm³/mol. The number of likely N-dealkylation sites (N-methyl/N-ethyl adjacent to an activating group) is 1. The highest BCUT2D eigenvalue weighted by Crippen LogP contribution is 2.13. The van der Waals surface area contributed by atoms with Gasteiger partial charge in [-0.2, -0.15) is 0 Å². The van der Waals surface area contributed by atoms with Crippen LogP contribution in [0.5, 0.6) is 0 Å². The molecule has 0 spiro atoms. The Morgan fingerprint density at radius 1 is 1.07 bits per heavy atom. The van der Waals surface area contributed by atoms with Crippen LogP contribution in [0.2, 0.25) is 0 Å². The van der Waals surface area contributed by atoms with Gasteiger partial charge < -0.3 is 20.0 Å². The van der Waals surface area contributed by atoms with Gasteiger partial charge in [0, 0.05) is 64.1 Å². The van der Waals surface area contributed by atoms with E-state index in [4.69, 9.17) is 0 Å². The van der Waals surface area contributed by atoms with Gasteiger partial charge in [-0.25, -0.2) is 9.97 Å². The first kappa shape index (κ1) is 19.7. The van der Waals surface area contributed by atoms with E-state index in [-0.39, 0.29) is 11.8 Å². The molecule has 0 aliphatic carbocycles. The number of pyridine rings is 1. The van der Waals surface area contributed by atoms with Gasteiger partial charge in [0.05, 0.1) is 11.1 Å². The summed E-state index contributed by atoms with van der Waals surface area (Å²) in [5.41, 5.74) is 0.811. The Kier molecular flexibility index (Phi) is 6.49. The van der Waals surface area contributed by atoms with Crippen LogP contribution >= 0.6 is 0 Å². The normalized spacial score (nSPS) is 14.2. The van der Waals surface area contributed by atoms with Gasteiger partial charge in [0.2, 0.25) is 5.95 Å². The van der Waals surface area contributed by atoms with Gasteiger partial charge in [-0.05, 0) is 26.2 Å². The van der Waals surface area contributed by atoms with Crippen molar-refractivity contribution in [1.82, 2.24) is 30.1 Å². The zero-order chi connectivity index (χ0) is 19.9. The fourth-order valence-electron chi connectivity index (χ4n) is 2.92. The van der Waals surface area contributed by atoms with Crippen molar-refractivity contribution in [2.24, 2.45) is 0 Å². The first-order valence-electron chi connectivity index (χ1n) is 9.24. The molecule has 0 aromatic carbocycles. The van der Waals surface area contributed by atoms with Crippen LogP contribution in [0.3, 0.4) is 0 Å². The Labute approximate surface area is 164 Å². The summed E-state index contributed by atoms with van der Waals surface area (Å²) in [6.45, 7) is 3.73. The van der Waals surface area contributed by atoms with Crippen LogP contribution in [-0.2, 0) is 0 Å². The molecule has 3 rings (SSSR count). The van der Waals surface area contributed by atoms with E-state index in [9.17, 15) is 9.59 Å². The van der Waals surface area contributed by atoms with Crippen LogP contribution in [0.25, 0.3) is 0 Å². The lowest BCUT2D eigenvalue weighted by Crippen LogP contribution is -2.49. The number of carbonyl (C=O) groups is 2. The summed E-state index contributed by atoms with van der Waals surface area (Å²) in [6, 6.07) is 3.38. The smallest absolute Gasteiger partial charge is 0.255 e. The number of rotatable bonds is 6. The molecule has 148 valence electrons. The summed E-state index contributed by atoms with van der Waals surface area (Å²) in [4.78, 5) is 43.5. The molecule has 0 saturated carbocycles. The number of hydrogen-bond donors (Lipinski definition) is 1. The minimum Gasteiger partial charge on any atom is -0.351 e. The molecule has 2 amide bonds. The number of anilines is 1. The van der Waals surface area contributed by atoms with Crippen molar-refractivity contribution >= 4 is 17.8 Å². The molecule has 1 aliphatic heterocycles. The van der Waals surface area contributed by atoms with Crippen LogP contribution in [0.1, 0.15) is 20.7 Å². The van der Waals surface area contributed by atoms with Gasteiger partial charge in [-0.3, -0.25) is 14.6 Å². The van der Waals surface area contributed by atoms with Crippen molar-refractivity contribution < 1.29 is 9.59 Å². The fourth-order valence-corrected chi connectivity index (χ4v) is 2.92. The third-order valence-electron chi connectivity index (χ3n) is 4.49. The molecule has 1 saturated heterocycles. The first-order valence-corrected chi connectivity index (χ1v) is 9.24. The van der Waals surface area contributed by atoms with E-state index in [0.29, 0.717) is 49.8 Å². The molecule has 28 heavy (non-hydrogen) atoms. The lowest BCUT2D eigenvalue weighted by molar-refractivity contribution is 0.0746. The van der Waals surface area contributed by atoms with Gasteiger partial charge in [-0.1, -0.05) is 0 Å². The molecule has 0 radical (unpaired) electrons. The fraction of sp³-hybridized carbons (Fsp3) is 0.421. The van der Waals surface area contributed by atoms with Crippen molar-refractivity contribution in [3.8, 4) is 0 Å². The number of nitrogens with zero attached hydrogens (tertiary/aromatic N) is 6. The maximum absolute atomic E-state index is 12.8. The van der Waals surface area contributed by atoms with Crippen LogP contribution in [0.15, 0.2) is 36.9 Å². The molecular weight excluding hydrogens is 358 g/mol. The van der Waals surface area contributed by atoms with Crippen LogP contribution in [0.4, 0.5) is 5.95 Å². The van der Waals surface area contributed by atoms with Gasteiger partial charge in [0.1, 0.15) is 0 Å². The lowest BCUT2D eigenvalue weighted by Gasteiger charge is -2.34. The molecular formula is C19H25N7O2. The number of nitrogens with one attached hydrogen (secondary N) is 1. The molecule has 0 bridgehead atoms. The Morgan fingerprint density at radius 2 is 1.75 bits per heavy atom.